The molecule has 0 bridgehead atoms. The molecule has 3 aromatic carbocycles. The summed E-state index contributed by atoms with van der Waals surface area (Å²) in [6, 6.07) is 27.1. The van der Waals surface area contributed by atoms with Crippen LogP contribution in [0.5, 0.6) is 0 Å². The lowest BCUT2D eigenvalue weighted by Crippen LogP contribution is -2.23. The van der Waals surface area contributed by atoms with Gasteiger partial charge in [-0.1, -0.05) is 129 Å². The van der Waals surface area contributed by atoms with E-state index in [1.54, 1.807) is 0 Å². The molecule has 0 saturated heterocycles. The molecule has 45 heavy (non-hydrogen) atoms. The fraction of sp³-hybridized carbons (Fsp3) is 0.333. The number of hydrogen-bond donors (Lipinski definition) is 0. The molecule has 0 aliphatic heterocycles. The molecule has 0 radical (unpaired) electrons. The Balaban J connectivity index is 1.16. The van der Waals surface area contributed by atoms with Crippen molar-refractivity contribution in [2.45, 2.75) is 71.6 Å². The molecular weight excluding hydrogens is 540 g/mol. The van der Waals surface area contributed by atoms with Gasteiger partial charge in [0.25, 0.3) is 0 Å². The second-order valence-electron chi connectivity index (χ2n) is 13.9. The van der Waals surface area contributed by atoms with E-state index in [4.69, 9.17) is 13.0 Å². The minimum atomic E-state index is 0.406. The third-order valence-electron chi connectivity index (χ3n) is 10.6. The first-order valence-electron chi connectivity index (χ1n) is 17.1. The van der Waals surface area contributed by atoms with Gasteiger partial charge >= 0.3 is 0 Å². The third-order valence-corrected chi connectivity index (χ3v) is 10.6. The zero-order valence-corrected chi connectivity index (χ0v) is 27.4. The average molecular weight is 589 g/mol. The Bertz CT molecular complexity index is 1670. The molecule has 0 spiro atoms. The van der Waals surface area contributed by atoms with Gasteiger partial charge in [-0.05, 0) is 127 Å². The van der Waals surface area contributed by atoms with Crippen molar-refractivity contribution in [1.29, 1.82) is 0 Å². The van der Waals surface area contributed by atoms with Gasteiger partial charge in [0.2, 0.25) is 0 Å². The minimum Gasteiger partial charge on any atom is -0.115 e. The van der Waals surface area contributed by atoms with Crippen molar-refractivity contribution in [2.75, 3.05) is 0 Å². The topological polar surface area (TPSA) is 0 Å². The second-order valence-corrected chi connectivity index (χ2v) is 13.9. The predicted molar refractivity (Wildman–Crippen MR) is 194 cm³/mol. The molecule has 3 aliphatic rings. The maximum Gasteiger partial charge on any atom is 0.0321 e. The first kappa shape index (κ1) is 30.9. The fourth-order valence-electron chi connectivity index (χ4n) is 7.81. The molecule has 0 heterocycles. The molecular formula is C45H48. The standard InChI is InChI=1S/C45H48/c1-6-38-19-17-37(30-44(38)43-27-33(4)34(5)28-43)29-36-15-20-40(21-16-36)45(32(3)13-14-35-10-8-7-9-11-35)41-24-22-39(23-25-41)42-18-12-31(2)26-42/h1,7-12,17-19,22-28,30-31,33,36,40,45H,3,13-16,20-21,29H2,2,4-5H3. The number of terminal acetylenes is 1. The molecule has 3 atom stereocenters. The SMILES string of the molecule is C#Cc1ccc(CC2CCC(C(C(=C)CCc3ccccc3)c3ccc(C4=CC(C)C=C4)cc3)CC2)cc1C1=CC(C)C(C)=C1. The first-order chi connectivity index (χ1) is 21.9. The van der Waals surface area contributed by atoms with Crippen molar-refractivity contribution in [3.05, 3.63) is 154 Å². The lowest BCUT2D eigenvalue weighted by molar-refractivity contribution is 0.252. The van der Waals surface area contributed by atoms with Crippen LogP contribution in [0.15, 0.2) is 121 Å². The Morgan fingerprint density at radius 1 is 0.889 bits per heavy atom. The van der Waals surface area contributed by atoms with Gasteiger partial charge < -0.3 is 0 Å². The quantitative estimate of drug-likeness (QED) is 0.163. The van der Waals surface area contributed by atoms with E-state index in [1.165, 1.54) is 75.8 Å². The van der Waals surface area contributed by atoms with Crippen molar-refractivity contribution >= 4 is 11.1 Å². The monoisotopic (exact) mass is 588 g/mol. The maximum absolute atomic E-state index is 5.93. The van der Waals surface area contributed by atoms with Crippen LogP contribution in [0.25, 0.3) is 11.1 Å². The van der Waals surface area contributed by atoms with Gasteiger partial charge in [-0.25, -0.2) is 0 Å². The van der Waals surface area contributed by atoms with Gasteiger partial charge in [0, 0.05) is 11.5 Å². The normalized spacial score (nSPS) is 23.2. The Hall–Kier alpha value is -4.08. The highest BCUT2D eigenvalue weighted by Crippen LogP contribution is 2.44. The molecule has 1 saturated carbocycles. The second kappa shape index (κ2) is 13.9. The molecule has 0 N–H and O–H groups in total. The number of rotatable bonds is 10. The Morgan fingerprint density at radius 3 is 2.29 bits per heavy atom. The summed E-state index contributed by atoms with van der Waals surface area (Å²) in [7, 11) is 0. The van der Waals surface area contributed by atoms with Crippen LogP contribution in [-0.2, 0) is 12.8 Å². The molecule has 0 amide bonds. The zero-order valence-electron chi connectivity index (χ0n) is 27.4. The number of benzene rings is 3. The first-order valence-corrected chi connectivity index (χ1v) is 17.1. The Kier molecular flexibility index (Phi) is 9.56. The van der Waals surface area contributed by atoms with Crippen molar-refractivity contribution in [1.82, 2.24) is 0 Å². The van der Waals surface area contributed by atoms with Crippen LogP contribution in [-0.4, -0.2) is 0 Å². The molecule has 0 aromatic heterocycles. The molecule has 0 heteroatoms. The molecule has 1 fully saturated rings. The molecule has 0 nitrogen and oxygen atoms in total. The van der Waals surface area contributed by atoms with E-state index in [1.807, 2.05) is 0 Å². The van der Waals surface area contributed by atoms with E-state index in [2.05, 4.69) is 130 Å². The summed E-state index contributed by atoms with van der Waals surface area (Å²) >= 11 is 0. The van der Waals surface area contributed by atoms with Gasteiger partial charge in [0.05, 0.1) is 0 Å². The van der Waals surface area contributed by atoms with Gasteiger partial charge in [0.1, 0.15) is 0 Å². The van der Waals surface area contributed by atoms with E-state index < -0.39 is 0 Å². The summed E-state index contributed by atoms with van der Waals surface area (Å²) in [5.41, 5.74) is 13.2. The summed E-state index contributed by atoms with van der Waals surface area (Å²) < 4.78 is 0. The van der Waals surface area contributed by atoms with E-state index in [0.29, 0.717) is 29.6 Å². The van der Waals surface area contributed by atoms with Crippen LogP contribution < -0.4 is 0 Å². The highest BCUT2D eigenvalue weighted by molar-refractivity contribution is 5.81. The van der Waals surface area contributed by atoms with Crippen LogP contribution in [0.2, 0.25) is 0 Å². The largest absolute Gasteiger partial charge is 0.115 e. The van der Waals surface area contributed by atoms with Crippen molar-refractivity contribution in [2.24, 2.45) is 23.7 Å². The van der Waals surface area contributed by atoms with E-state index in [0.717, 1.165) is 24.8 Å². The summed E-state index contributed by atoms with van der Waals surface area (Å²) in [5, 5.41) is 0. The summed E-state index contributed by atoms with van der Waals surface area (Å²) in [6.07, 6.45) is 25.8. The molecule has 6 rings (SSSR count). The van der Waals surface area contributed by atoms with Gasteiger partial charge in [-0.3, -0.25) is 0 Å². The molecule has 3 aromatic rings. The van der Waals surface area contributed by atoms with Crippen LogP contribution in [0.4, 0.5) is 0 Å². The predicted octanol–water partition coefficient (Wildman–Crippen LogP) is 11.6. The number of allylic oxidation sites excluding steroid dienone is 9. The van der Waals surface area contributed by atoms with Gasteiger partial charge in [-0.15, -0.1) is 6.42 Å². The average Bonchev–Trinajstić information content (AvgIpc) is 3.65. The lowest BCUT2D eigenvalue weighted by Gasteiger charge is -2.36. The smallest absolute Gasteiger partial charge is 0.0321 e. The fourth-order valence-corrected chi connectivity index (χ4v) is 7.81. The Morgan fingerprint density at radius 2 is 1.64 bits per heavy atom. The number of aryl methyl sites for hydroxylation is 1. The summed E-state index contributed by atoms with van der Waals surface area (Å²) in [4.78, 5) is 0. The van der Waals surface area contributed by atoms with Crippen molar-refractivity contribution in [3.8, 4) is 12.3 Å². The number of hydrogen-bond acceptors (Lipinski definition) is 0. The van der Waals surface area contributed by atoms with Crippen LogP contribution >= 0.6 is 0 Å². The molecule has 228 valence electrons. The molecule has 3 aliphatic carbocycles. The summed E-state index contributed by atoms with van der Waals surface area (Å²) in [6.45, 7) is 11.5. The lowest BCUT2D eigenvalue weighted by atomic mass is 9.69. The zero-order chi connectivity index (χ0) is 31.3. The van der Waals surface area contributed by atoms with Gasteiger partial charge in [-0.2, -0.15) is 0 Å². The third kappa shape index (κ3) is 7.26. The van der Waals surface area contributed by atoms with E-state index in [9.17, 15) is 0 Å². The Labute approximate surface area is 272 Å². The van der Waals surface area contributed by atoms with Crippen molar-refractivity contribution in [3.63, 3.8) is 0 Å². The van der Waals surface area contributed by atoms with Gasteiger partial charge in [0.15, 0.2) is 0 Å². The molecule has 3 unspecified atom stereocenters. The highest BCUT2D eigenvalue weighted by Gasteiger charge is 2.30. The van der Waals surface area contributed by atoms with Crippen molar-refractivity contribution < 1.29 is 0 Å². The highest BCUT2D eigenvalue weighted by atomic mass is 14.4. The minimum absolute atomic E-state index is 0.406. The summed E-state index contributed by atoms with van der Waals surface area (Å²) in [5.74, 6) is 5.69. The van der Waals surface area contributed by atoms with Crippen LogP contribution in [0, 0.1) is 36.0 Å². The van der Waals surface area contributed by atoms with E-state index >= 15 is 0 Å². The van der Waals surface area contributed by atoms with E-state index in [-0.39, 0.29) is 0 Å². The maximum atomic E-state index is 5.93. The van der Waals surface area contributed by atoms with Crippen LogP contribution in [0.1, 0.15) is 92.2 Å². The van der Waals surface area contributed by atoms with Crippen LogP contribution in [0.3, 0.4) is 0 Å².